The lowest BCUT2D eigenvalue weighted by Crippen LogP contribution is -2.34. The van der Waals surface area contributed by atoms with E-state index in [4.69, 9.17) is 0 Å². The van der Waals surface area contributed by atoms with Crippen molar-refractivity contribution in [1.29, 1.82) is 0 Å². The van der Waals surface area contributed by atoms with Gasteiger partial charge < -0.3 is 10.4 Å². The molecule has 0 radical (unpaired) electrons. The molecule has 0 bridgehead atoms. The second-order valence-corrected chi connectivity index (χ2v) is 4.57. The van der Waals surface area contributed by atoms with Gasteiger partial charge in [0.15, 0.2) is 0 Å². The van der Waals surface area contributed by atoms with Crippen molar-refractivity contribution in [2.45, 2.75) is 25.9 Å². The number of phenols is 1. The SMILES string of the molecule is CC1CN(Cc2ccccc2O)CCCN1. The molecular weight excluding hydrogens is 200 g/mol. The van der Waals surface area contributed by atoms with E-state index in [1.54, 1.807) is 6.07 Å². The zero-order valence-corrected chi connectivity index (χ0v) is 9.82. The van der Waals surface area contributed by atoms with Crippen molar-refractivity contribution in [2.75, 3.05) is 19.6 Å². The van der Waals surface area contributed by atoms with Crippen LogP contribution in [0.3, 0.4) is 0 Å². The number of hydrogen-bond donors (Lipinski definition) is 2. The number of nitrogens with zero attached hydrogens (tertiary/aromatic N) is 1. The first-order valence-corrected chi connectivity index (χ1v) is 5.98. The summed E-state index contributed by atoms with van der Waals surface area (Å²) in [6, 6.07) is 8.14. The number of hydrogen-bond acceptors (Lipinski definition) is 3. The van der Waals surface area contributed by atoms with Crippen molar-refractivity contribution in [3.63, 3.8) is 0 Å². The Kier molecular flexibility index (Phi) is 3.80. The maximum Gasteiger partial charge on any atom is 0.120 e. The molecule has 16 heavy (non-hydrogen) atoms. The normalized spacial score (nSPS) is 22.9. The van der Waals surface area contributed by atoms with Gasteiger partial charge in [-0.2, -0.15) is 0 Å². The van der Waals surface area contributed by atoms with Crippen LogP contribution in [0.5, 0.6) is 5.75 Å². The van der Waals surface area contributed by atoms with Crippen LogP contribution in [0.25, 0.3) is 0 Å². The van der Waals surface area contributed by atoms with Crippen LogP contribution in [0.1, 0.15) is 18.9 Å². The molecule has 1 aliphatic rings. The Morgan fingerprint density at radius 3 is 3.06 bits per heavy atom. The quantitative estimate of drug-likeness (QED) is 0.794. The van der Waals surface area contributed by atoms with E-state index in [0.717, 1.165) is 31.7 Å². The van der Waals surface area contributed by atoms with Crippen LogP contribution in [0, 0.1) is 0 Å². The lowest BCUT2D eigenvalue weighted by Gasteiger charge is -2.22. The molecule has 0 aromatic heterocycles. The molecule has 1 fully saturated rings. The van der Waals surface area contributed by atoms with E-state index in [2.05, 4.69) is 17.1 Å². The maximum absolute atomic E-state index is 9.74. The van der Waals surface area contributed by atoms with Crippen molar-refractivity contribution in [3.05, 3.63) is 29.8 Å². The first-order chi connectivity index (χ1) is 7.75. The van der Waals surface area contributed by atoms with Gasteiger partial charge in [-0.3, -0.25) is 4.90 Å². The van der Waals surface area contributed by atoms with Crippen molar-refractivity contribution < 1.29 is 5.11 Å². The van der Waals surface area contributed by atoms with Crippen molar-refractivity contribution >= 4 is 0 Å². The predicted molar refractivity (Wildman–Crippen MR) is 65.5 cm³/mol. The van der Waals surface area contributed by atoms with Gasteiger partial charge in [0.2, 0.25) is 0 Å². The fraction of sp³-hybridized carbons (Fsp3) is 0.538. The van der Waals surface area contributed by atoms with Gasteiger partial charge in [-0.15, -0.1) is 0 Å². The second kappa shape index (κ2) is 5.32. The van der Waals surface area contributed by atoms with Gasteiger partial charge in [0.05, 0.1) is 0 Å². The zero-order valence-electron chi connectivity index (χ0n) is 9.82. The lowest BCUT2D eigenvalue weighted by atomic mass is 10.2. The molecule has 88 valence electrons. The molecule has 1 atom stereocenters. The van der Waals surface area contributed by atoms with Crippen LogP contribution in [-0.2, 0) is 6.54 Å². The number of phenolic OH excluding ortho intramolecular Hbond substituents is 1. The largest absolute Gasteiger partial charge is 0.508 e. The molecule has 1 aromatic rings. The Morgan fingerprint density at radius 2 is 2.25 bits per heavy atom. The van der Waals surface area contributed by atoms with Gasteiger partial charge in [0.1, 0.15) is 5.75 Å². The zero-order chi connectivity index (χ0) is 11.4. The Hall–Kier alpha value is -1.06. The highest BCUT2D eigenvalue weighted by Crippen LogP contribution is 2.18. The fourth-order valence-electron chi connectivity index (χ4n) is 2.22. The molecule has 1 heterocycles. The number of benzene rings is 1. The number of rotatable bonds is 2. The van der Waals surface area contributed by atoms with E-state index in [1.807, 2.05) is 18.2 Å². The van der Waals surface area contributed by atoms with Crippen LogP contribution in [0.4, 0.5) is 0 Å². The summed E-state index contributed by atoms with van der Waals surface area (Å²) in [6.45, 7) is 6.31. The summed E-state index contributed by atoms with van der Waals surface area (Å²) in [4.78, 5) is 2.40. The highest BCUT2D eigenvalue weighted by Gasteiger charge is 2.14. The van der Waals surface area contributed by atoms with Crippen LogP contribution in [-0.4, -0.2) is 35.7 Å². The standard InChI is InChI=1S/C13H20N2O/c1-11-9-15(8-4-7-14-11)10-12-5-2-3-6-13(12)16/h2-3,5-6,11,14,16H,4,7-10H2,1H3. The minimum absolute atomic E-state index is 0.410. The summed E-state index contributed by atoms with van der Waals surface area (Å²) in [5.41, 5.74) is 1.02. The summed E-state index contributed by atoms with van der Waals surface area (Å²) < 4.78 is 0. The average molecular weight is 220 g/mol. The maximum atomic E-state index is 9.74. The Balaban J connectivity index is 2.00. The average Bonchev–Trinajstić information content (AvgIpc) is 2.46. The Morgan fingerprint density at radius 1 is 1.44 bits per heavy atom. The summed E-state index contributed by atoms with van der Waals surface area (Å²) in [7, 11) is 0. The molecule has 0 saturated carbocycles. The Labute approximate surface area is 97.1 Å². The van der Waals surface area contributed by atoms with Gasteiger partial charge >= 0.3 is 0 Å². The monoisotopic (exact) mass is 220 g/mol. The topological polar surface area (TPSA) is 35.5 Å². The smallest absolute Gasteiger partial charge is 0.120 e. The van der Waals surface area contributed by atoms with E-state index in [9.17, 15) is 5.11 Å². The molecule has 3 nitrogen and oxygen atoms in total. The lowest BCUT2D eigenvalue weighted by molar-refractivity contribution is 0.261. The van der Waals surface area contributed by atoms with Gasteiger partial charge in [-0.05, 0) is 32.5 Å². The third-order valence-electron chi connectivity index (χ3n) is 3.06. The van der Waals surface area contributed by atoms with Crippen LogP contribution in [0.2, 0.25) is 0 Å². The van der Waals surface area contributed by atoms with E-state index in [1.165, 1.54) is 6.42 Å². The third kappa shape index (κ3) is 2.97. The molecule has 0 amide bonds. The van der Waals surface area contributed by atoms with E-state index in [0.29, 0.717) is 11.8 Å². The second-order valence-electron chi connectivity index (χ2n) is 4.57. The summed E-state index contributed by atoms with van der Waals surface area (Å²) >= 11 is 0. The highest BCUT2D eigenvalue weighted by molar-refractivity contribution is 5.31. The first kappa shape index (κ1) is 11.4. The van der Waals surface area contributed by atoms with E-state index in [-0.39, 0.29) is 0 Å². The molecule has 1 aromatic carbocycles. The molecule has 1 unspecified atom stereocenters. The van der Waals surface area contributed by atoms with Crippen LogP contribution >= 0.6 is 0 Å². The van der Waals surface area contributed by atoms with Crippen molar-refractivity contribution in [1.82, 2.24) is 10.2 Å². The molecule has 1 saturated heterocycles. The summed E-state index contributed by atoms with van der Waals surface area (Å²) in [5, 5.41) is 13.2. The molecule has 2 rings (SSSR count). The molecule has 0 spiro atoms. The molecule has 0 aliphatic carbocycles. The Bertz CT molecular complexity index is 340. The van der Waals surface area contributed by atoms with Crippen molar-refractivity contribution in [2.24, 2.45) is 0 Å². The number of nitrogens with one attached hydrogen (secondary N) is 1. The predicted octanol–water partition coefficient (Wildman–Crippen LogP) is 1.58. The molecular formula is C13H20N2O. The van der Waals surface area contributed by atoms with Gasteiger partial charge in [-0.1, -0.05) is 18.2 Å². The van der Waals surface area contributed by atoms with Crippen molar-refractivity contribution in [3.8, 4) is 5.75 Å². The van der Waals surface area contributed by atoms with Gasteiger partial charge in [0, 0.05) is 24.7 Å². The van der Waals surface area contributed by atoms with E-state index >= 15 is 0 Å². The van der Waals surface area contributed by atoms with E-state index < -0.39 is 0 Å². The number of para-hydroxylation sites is 1. The van der Waals surface area contributed by atoms with Gasteiger partial charge in [0.25, 0.3) is 0 Å². The molecule has 2 N–H and O–H groups in total. The summed E-state index contributed by atoms with van der Waals surface area (Å²) in [6.07, 6.45) is 1.18. The minimum atomic E-state index is 0.410. The van der Waals surface area contributed by atoms with Crippen LogP contribution in [0.15, 0.2) is 24.3 Å². The fourth-order valence-corrected chi connectivity index (χ4v) is 2.22. The summed E-state index contributed by atoms with van der Waals surface area (Å²) in [5.74, 6) is 0.410. The highest BCUT2D eigenvalue weighted by atomic mass is 16.3. The number of aromatic hydroxyl groups is 1. The third-order valence-corrected chi connectivity index (χ3v) is 3.06. The molecule has 3 heteroatoms. The minimum Gasteiger partial charge on any atom is -0.508 e. The first-order valence-electron chi connectivity index (χ1n) is 5.98. The van der Waals surface area contributed by atoms with Crippen LogP contribution < -0.4 is 5.32 Å². The molecule has 1 aliphatic heterocycles. The van der Waals surface area contributed by atoms with Gasteiger partial charge in [-0.25, -0.2) is 0 Å².